The molecule has 1 fully saturated rings. The molecule has 0 spiro atoms. The summed E-state index contributed by atoms with van der Waals surface area (Å²) in [5.74, 6) is 0.414. The predicted octanol–water partition coefficient (Wildman–Crippen LogP) is 1.86. The highest BCUT2D eigenvalue weighted by Gasteiger charge is 2.38. The zero-order valence-electron chi connectivity index (χ0n) is 11.0. The minimum Gasteiger partial charge on any atom is -0.462 e. The van der Waals surface area contributed by atoms with Crippen LogP contribution < -0.4 is 5.73 Å². The van der Waals surface area contributed by atoms with Gasteiger partial charge in [0, 0.05) is 6.61 Å². The number of hydrogen-bond donors (Lipinski definition) is 1. The highest BCUT2D eigenvalue weighted by atomic mass is 16.6. The second kappa shape index (κ2) is 6.97. The zero-order valence-corrected chi connectivity index (χ0v) is 11.0. The molecule has 0 aromatic carbocycles. The van der Waals surface area contributed by atoms with Crippen LogP contribution in [0.15, 0.2) is 0 Å². The number of hydrogen-bond acceptors (Lipinski definition) is 4. The molecule has 0 heterocycles. The van der Waals surface area contributed by atoms with Crippen LogP contribution in [0, 0.1) is 5.92 Å². The third-order valence-corrected chi connectivity index (χ3v) is 3.38. The molecule has 4 nitrogen and oxygen atoms in total. The van der Waals surface area contributed by atoms with Crippen LogP contribution in [0.2, 0.25) is 0 Å². The third-order valence-electron chi connectivity index (χ3n) is 3.38. The molecule has 1 aliphatic rings. The van der Waals surface area contributed by atoms with Crippen molar-refractivity contribution in [3.63, 3.8) is 0 Å². The molecule has 100 valence electrons. The second-order valence-corrected chi connectivity index (χ2v) is 5.09. The summed E-state index contributed by atoms with van der Waals surface area (Å²) in [5, 5.41) is 0. The molecule has 17 heavy (non-hydrogen) atoms. The van der Waals surface area contributed by atoms with Crippen LogP contribution >= 0.6 is 0 Å². The fraction of sp³-hybridized carbons (Fsp3) is 0.923. The van der Waals surface area contributed by atoms with Crippen LogP contribution in [0.5, 0.6) is 0 Å². The van der Waals surface area contributed by atoms with Crippen molar-refractivity contribution in [3.8, 4) is 0 Å². The Morgan fingerprint density at radius 2 is 1.94 bits per heavy atom. The minimum absolute atomic E-state index is 0.260. The van der Waals surface area contributed by atoms with E-state index >= 15 is 0 Å². The lowest BCUT2D eigenvalue weighted by molar-refractivity contribution is -0.153. The van der Waals surface area contributed by atoms with E-state index in [1.54, 1.807) is 0 Å². The molecule has 1 rings (SSSR count). The van der Waals surface area contributed by atoms with Gasteiger partial charge in [-0.2, -0.15) is 0 Å². The van der Waals surface area contributed by atoms with Crippen molar-refractivity contribution < 1.29 is 14.3 Å². The Labute approximate surface area is 104 Å². The number of carbonyl (C=O) groups excluding carboxylic acids is 1. The Morgan fingerprint density at radius 3 is 2.53 bits per heavy atom. The fourth-order valence-corrected chi connectivity index (χ4v) is 2.06. The van der Waals surface area contributed by atoms with Gasteiger partial charge in [-0.3, -0.25) is 4.79 Å². The normalized spacial score (nSPS) is 29.0. The summed E-state index contributed by atoms with van der Waals surface area (Å²) in [7, 11) is 0. The summed E-state index contributed by atoms with van der Waals surface area (Å²) in [6.45, 7) is 5.73. The van der Waals surface area contributed by atoms with Gasteiger partial charge in [-0.15, -0.1) is 0 Å². The third kappa shape index (κ3) is 4.64. The highest BCUT2D eigenvalue weighted by Crippen LogP contribution is 2.30. The van der Waals surface area contributed by atoms with Gasteiger partial charge in [0.05, 0.1) is 6.61 Å². The summed E-state index contributed by atoms with van der Waals surface area (Å²) in [4.78, 5) is 11.9. The molecular formula is C13H25NO3. The average molecular weight is 243 g/mol. The molecule has 4 heteroatoms. The van der Waals surface area contributed by atoms with Gasteiger partial charge < -0.3 is 15.2 Å². The lowest BCUT2D eigenvalue weighted by Gasteiger charge is -2.33. The molecule has 0 atom stereocenters. The van der Waals surface area contributed by atoms with Gasteiger partial charge in [-0.25, -0.2) is 0 Å². The maximum absolute atomic E-state index is 11.9. The van der Waals surface area contributed by atoms with Gasteiger partial charge in [0.25, 0.3) is 0 Å². The number of carbonyl (C=O) groups is 1. The monoisotopic (exact) mass is 243 g/mol. The molecule has 0 saturated heterocycles. The molecule has 0 aromatic heterocycles. The first-order valence-electron chi connectivity index (χ1n) is 6.62. The van der Waals surface area contributed by atoms with Gasteiger partial charge >= 0.3 is 5.97 Å². The maximum Gasteiger partial charge on any atom is 0.326 e. The number of esters is 1. The lowest BCUT2D eigenvalue weighted by Crippen LogP contribution is -2.51. The molecule has 0 aliphatic heterocycles. The van der Waals surface area contributed by atoms with Gasteiger partial charge in [0.1, 0.15) is 12.1 Å². The standard InChI is InChI=1S/C13H25NO3/c1-3-8-16-9-10-17-12(15)13(14)6-4-11(2)5-7-13/h11H,3-10,14H2,1-2H3. The van der Waals surface area contributed by atoms with Crippen LogP contribution in [0.1, 0.15) is 46.0 Å². The smallest absolute Gasteiger partial charge is 0.326 e. The van der Waals surface area contributed by atoms with Crippen LogP contribution in [-0.2, 0) is 14.3 Å². The summed E-state index contributed by atoms with van der Waals surface area (Å²) in [6, 6.07) is 0. The van der Waals surface area contributed by atoms with Gasteiger partial charge in [0.15, 0.2) is 0 Å². The van der Waals surface area contributed by atoms with Crippen LogP contribution in [0.3, 0.4) is 0 Å². The molecule has 0 radical (unpaired) electrons. The van der Waals surface area contributed by atoms with E-state index in [-0.39, 0.29) is 5.97 Å². The number of rotatable bonds is 6. The summed E-state index contributed by atoms with van der Waals surface area (Å²) in [6.07, 6.45) is 4.48. The summed E-state index contributed by atoms with van der Waals surface area (Å²) < 4.78 is 10.4. The molecule has 0 bridgehead atoms. The maximum atomic E-state index is 11.9. The molecule has 1 aliphatic carbocycles. The number of nitrogens with two attached hydrogens (primary N) is 1. The van der Waals surface area contributed by atoms with Crippen molar-refractivity contribution in [1.82, 2.24) is 0 Å². The molecule has 0 unspecified atom stereocenters. The van der Waals surface area contributed by atoms with Crippen molar-refractivity contribution in [2.24, 2.45) is 11.7 Å². The van der Waals surface area contributed by atoms with Crippen molar-refractivity contribution in [1.29, 1.82) is 0 Å². The van der Waals surface area contributed by atoms with E-state index in [0.29, 0.717) is 25.7 Å². The largest absolute Gasteiger partial charge is 0.462 e. The quantitative estimate of drug-likeness (QED) is 0.571. The minimum atomic E-state index is -0.753. The van der Waals surface area contributed by atoms with Crippen molar-refractivity contribution in [2.45, 2.75) is 51.5 Å². The lowest BCUT2D eigenvalue weighted by atomic mass is 9.78. The Hall–Kier alpha value is -0.610. The molecular weight excluding hydrogens is 218 g/mol. The van der Waals surface area contributed by atoms with E-state index in [9.17, 15) is 4.79 Å². The summed E-state index contributed by atoms with van der Waals surface area (Å²) >= 11 is 0. The first kappa shape index (κ1) is 14.5. The zero-order chi connectivity index (χ0) is 12.7. The summed E-state index contributed by atoms with van der Waals surface area (Å²) in [5.41, 5.74) is 5.34. The van der Waals surface area contributed by atoms with E-state index in [4.69, 9.17) is 15.2 Å². The van der Waals surface area contributed by atoms with Crippen molar-refractivity contribution in [2.75, 3.05) is 19.8 Å². The molecule has 1 saturated carbocycles. The molecule has 0 aromatic rings. The van der Waals surface area contributed by atoms with Crippen molar-refractivity contribution >= 4 is 5.97 Å². The molecule has 2 N–H and O–H groups in total. The van der Waals surface area contributed by atoms with Gasteiger partial charge in [0.2, 0.25) is 0 Å². The van der Waals surface area contributed by atoms with Gasteiger partial charge in [-0.05, 0) is 38.0 Å². The Bertz CT molecular complexity index is 235. The van der Waals surface area contributed by atoms with Crippen LogP contribution in [-0.4, -0.2) is 31.3 Å². The predicted molar refractivity (Wildman–Crippen MR) is 66.6 cm³/mol. The first-order chi connectivity index (χ1) is 8.08. The highest BCUT2D eigenvalue weighted by molar-refractivity contribution is 5.80. The molecule has 0 amide bonds. The van der Waals surface area contributed by atoms with Gasteiger partial charge in [-0.1, -0.05) is 13.8 Å². The van der Waals surface area contributed by atoms with E-state index in [1.165, 1.54) is 0 Å². The SMILES string of the molecule is CCCOCCOC(=O)C1(N)CCC(C)CC1. The van der Waals surface area contributed by atoms with Crippen molar-refractivity contribution in [3.05, 3.63) is 0 Å². The average Bonchev–Trinajstić information content (AvgIpc) is 2.32. The Morgan fingerprint density at radius 1 is 1.29 bits per heavy atom. The second-order valence-electron chi connectivity index (χ2n) is 5.09. The van der Waals surface area contributed by atoms with E-state index < -0.39 is 5.54 Å². The van der Waals surface area contributed by atoms with E-state index in [1.807, 2.05) is 6.92 Å². The Balaban J connectivity index is 2.22. The number of ether oxygens (including phenoxy) is 2. The van der Waals surface area contributed by atoms with E-state index in [0.717, 1.165) is 32.1 Å². The topological polar surface area (TPSA) is 61.5 Å². The fourth-order valence-electron chi connectivity index (χ4n) is 2.06. The Kier molecular flexibility index (Phi) is 5.92. The van der Waals surface area contributed by atoms with Crippen LogP contribution in [0.4, 0.5) is 0 Å². The first-order valence-corrected chi connectivity index (χ1v) is 6.62. The van der Waals surface area contributed by atoms with Crippen LogP contribution in [0.25, 0.3) is 0 Å². The van der Waals surface area contributed by atoms with E-state index in [2.05, 4.69) is 6.92 Å².